The molecule has 0 aliphatic carbocycles. The molecule has 0 heterocycles. The molecule has 0 aromatic heterocycles. The number of nitrogens with zero attached hydrogens (tertiary/aromatic N) is 1. The summed E-state index contributed by atoms with van der Waals surface area (Å²) < 4.78 is 0.938. The Morgan fingerprint density at radius 2 is 1.86 bits per heavy atom. The third-order valence-corrected chi connectivity index (χ3v) is 3.73. The maximum Gasteiger partial charge on any atom is 0.255 e. The van der Waals surface area contributed by atoms with E-state index in [0.717, 1.165) is 15.7 Å². The molecular weight excluding hydrogens is 330 g/mol. The molecular formula is C16H18BrN3O. The van der Waals surface area contributed by atoms with E-state index < -0.39 is 0 Å². The van der Waals surface area contributed by atoms with Crippen LogP contribution < -0.4 is 11.1 Å². The molecule has 0 aliphatic heterocycles. The predicted octanol–water partition coefficient (Wildman–Crippen LogP) is 3.79. The summed E-state index contributed by atoms with van der Waals surface area (Å²) in [6.45, 7) is 2.02. The molecule has 4 nitrogen and oxygen atoms in total. The van der Waals surface area contributed by atoms with E-state index in [-0.39, 0.29) is 5.91 Å². The Bertz CT molecular complexity index is 683. The van der Waals surface area contributed by atoms with Gasteiger partial charge in [0.2, 0.25) is 0 Å². The normalized spacial score (nSPS) is 10.3. The minimum atomic E-state index is -0.0688. The summed E-state index contributed by atoms with van der Waals surface area (Å²) in [6, 6.07) is 11.2. The molecule has 21 heavy (non-hydrogen) atoms. The van der Waals surface area contributed by atoms with Gasteiger partial charge in [0, 0.05) is 24.3 Å². The van der Waals surface area contributed by atoms with E-state index in [1.54, 1.807) is 37.2 Å². The summed E-state index contributed by atoms with van der Waals surface area (Å²) in [6.07, 6.45) is 0. The number of carbonyl (C=O) groups is 1. The number of hydrogen-bond donors (Lipinski definition) is 2. The lowest BCUT2D eigenvalue weighted by Gasteiger charge is -2.17. The summed E-state index contributed by atoms with van der Waals surface area (Å²) in [5.41, 5.74) is 9.77. The Labute approximate surface area is 133 Å². The molecule has 5 heteroatoms. The third-order valence-electron chi connectivity index (χ3n) is 3.07. The summed E-state index contributed by atoms with van der Waals surface area (Å²) in [4.78, 5) is 13.8. The van der Waals surface area contributed by atoms with E-state index >= 15 is 0 Å². The molecule has 0 fully saturated rings. The first-order valence-electron chi connectivity index (χ1n) is 6.53. The number of nitrogens with two attached hydrogens (primary N) is 1. The number of rotatable bonds is 3. The monoisotopic (exact) mass is 347 g/mol. The van der Waals surface area contributed by atoms with E-state index in [4.69, 9.17) is 5.73 Å². The van der Waals surface area contributed by atoms with Crippen molar-refractivity contribution in [3.63, 3.8) is 0 Å². The van der Waals surface area contributed by atoms with Gasteiger partial charge >= 0.3 is 0 Å². The minimum Gasteiger partial charge on any atom is -0.399 e. The molecule has 0 spiro atoms. The van der Waals surface area contributed by atoms with Crippen LogP contribution in [0.15, 0.2) is 40.9 Å². The van der Waals surface area contributed by atoms with Crippen LogP contribution in [0.2, 0.25) is 0 Å². The van der Waals surface area contributed by atoms with Gasteiger partial charge in [0.25, 0.3) is 5.91 Å². The van der Waals surface area contributed by atoms with Crippen LogP contribution >= 0.6 is 15.9 Å². The topological polar surface area (TPSA) is 58.4 Å². The van der Waals surface area contributed by atoms with Gasteiger partial charge in [-0.1, -0.05) is 6.07 Å². The average molecular weight is 348 g/mol. The summed E-state index contributed by atoms with van der Waals surface area (Å²) in [5, 5.41) is 3.27. The quantitative estimate of drug-likeness (QED) is 0.830. The van der Waals surface area contributed by atoms with Crippen LogP contribution in [-0.4, -0.2) is 24.9 Å². The van der Waals surface area contributed by atoms with Crippen LogP contribution in [0.1, 0.15) is 15.9 Å². The number of anilines is 3. The third kappa shape index (κ3) is 3.55. The molecule has 2 rings (SSSR count). The first-order valence-corrected chi connectivity index (χ1v) is 7.32. The van der Waals surface area contributed by atoms with Crippen molar-refractivity contribution < 1.29 is 4.79 Å². The molecule has 0 aliphatic rings. The van der Waals surface area contributed by atoms with Gasteiger partial charge in [-0.05, 0) is 58.7 Å². The van der Waals surface area contributed by atoms with Crippen molar-refractivity contribution in [2.24, 2.45) is 0 Å². The van der Waals surface area contributed by atoms with Gasteiger partial charge in [-0.3, -0.25) is 4.79 Å². The van der Waals surface area contributed by atoms with Gasteiger partial charge in [-0.25, -0.2) is 0 Å². The number of nitrogens with one attached hydrogen (secondary N) is 1. The zero-order valence-corrected chi connectivity index (χ0v) is 13.9. The highest BCUT2D eigenvalue weighted by Crippen LogP contribution is 2.30. The van der Waals surface area contributed by atoms with Crippen molar-refractivity contribution in [3.8, 4) is 0 Å². The second-order valence-electron chi connectivity index (χ2n) is 5.11. The molecule has 2 aromatic rings. The highest BCUT2D eigenvalue weighted by atomic mass is 79.9. The Balaban J connectivity index is 2.43. The maximum absolute atomic E-state index is 12.2. The molecule has 3 N–H and O–H groups in total. The van der Waals surface area contributed by atoms with Gasteiger partial charge in [-0.15, -0.1) is 0 Å². The van der Waals surface area contributed by atoms with E-state index in [1.165, 1.54) is 0 Å². The van der Waals surface area contributed by atoms with Crippen LogP contribution in [0.3, 0.4) is 0 Å². The predicted molar refractivity (Wildman–Crippen MR) is 91.0 cm³/mol. The van der Waals surface area contributed by atoms with Crippen molar-refractivity contribution in [3.05, 3.63) is 52.0 Å². The molecule has 1 amide bonds. The van der Waals surface area contributed by atoms with Gasteiger partial charge in [0.05, 0.1) is 16.9 Å². The lowest BCUT2D eigenvalue weighted by Crippen LogP contribution is -2.22. The zero-order chi connectivity index (χ0) is 15.6. The van der Waals surface area contributed by atoms with E-state index in [0.29, 0.717) is 16.9 Å². The number of halogens is 1. The Morgan fingerprint density at radius 3 is 2.48 bits per heavy atom. The lowest BCUT2D eigenvalue weighted by molar-refractivity contribution is 0.0828. The van der Waals surface area contributed by atoms with Crippen LogP contribution in [0.4, 0.5) is 17.1 Å². The molecule has 0 bridgehead atoms. The second-order valence-corrected chi connectivity index (χ2v) is 5.97. The van der Waals surface area contributed by atoms with Crippen LogP contribution in [0.25, 0.3) is 0 Å². The molecule has 110 valence electrons. The molecule has 2 aromatic carbocycles. The number of carbonyl (C=O) groups excluding carboxylic acids is 1. The first kappa shape index (κ1) is 15.4. The number of aryl methyl sites for hydroxylation is 1. The van der Waals surface area contributed by atoms with Crippen molar-refractivity contribution in [1.82, 2.24) is 4.90 Å². The molecule has 0 radical (unpaired) electrons. The SMILES string of the molecule is Cc1ccc(Nc2cc(N)ccc2C(=O)N(C)C)c(Br)c1. The first-order chi connectivity index (χ1) is 9.88. The van der Waals surface area contributed by atoms with Gasteiger partial charge in [-0.2, -0.15) is 0 Å². The van der Waals surface area contributed by atoms with Gasteiger partial charge in [0.15, 0.2) is 0 Å². The van der Waals surface area contributed by atoms with Gasteiger partial charge < -0.3 is 16.0 Å². The van der Waals surface area contributed by atoms with Crippen LogP contribution in [0.5, 0.6) is 0 Å². The lowest BCUT2D eigenvalue weighted by atomic mass is 10.1. The van der Waals surface area contributed by atoms with Gasteiger partial charge in [0.1, 0.15) is 0 Å². The van der Waals surface area contributed by atoms with E-state index in [2.05, 4.69) is 21.2 Å². The molecule has 0 saturated heterocycles. The Morgan fingerprint density at radius 1 is 1.14 bits per heavy atom. The van der Waals surface area contributed by atoms with Crippen LogP contribution in [0, 0.1) is 6.92 Å². The van der Waals surface area contributed by atoms with Crippen molar-refractivity contribution >= 4 is 38.9 Å². The number of hydrogen-bond acceptors (Lipinski definition) is 3. The minimum absolute atomic E-state index is 0.0688. The zero-order valence-electron chi connectivity index (χ0n) is 12.3. The summed E-state index contributed by atoms with van der Waals surface area (Å²) >= 11 is 3.52. The summed E-state index contributed by atoms with van der Waals surface area (Å²) in [5.74, 6) is -0.0688. The highest BCUT2D eigenvalue weighted by Gasteiger charge is 2.14. The molecule has 0 saturated carbocycles. The average Bonchev–Trinajstić information content (AvgIpc) is 2.41. The fraction of sp³-hybridized carbons (Fsp3) is 0.188. The Hall–Kier alpha value is -2.01. The Kier molecular flexibility index (Phi) is 4.53. The number of amides is 1. The molecule has 0 atom stereocenters. The summed E-state index contributed by atoms with van der Waals surface area (Å²) in [7, 11) is 3.45. The largest absolute Gasteiger partial charge is 0.399 e. The molecule has 0 unspecified atom stereocenters. The smallest absolute Gasteiger partial charge is 0.255 e. The second kappa shape index (κ2) is 6.18. The van der Waals surface area contributed by atoms with Crippen molar-refractivity contribution in [1.29, 1.82) is 0 Å². The van der Waals surface area contributed by atoms with Crippen molar-refractivity contribution in [2.75, 3.05) is 25.1 Å². The number of benzene rings is 2. The van der Waals surface area contributed by atoms with E-state index in [9.17, 15) is 4.79 Å². The standard InChI is InChI=1S/C16H18BrN3O/c1-10-4-7-14(13(17)8-10)19-15-9-11(18)5-6-12(15)16(21)20(2)3/h4-9,19H,18H2,1-3H3. The van der Waals surface area contributed by atoms with Crippen molar-refractivity contribution in [2.45, 2.75) is 6.92 Å². The number of nitrogen functional groups attached to an aromatic ring is 1. The van der Waals surface area contributed by atoms with Crippen LogP contribution in [-0.2, 0) is 0 Å². The highest BCUT2D eigenvalue weighted by molar-refractivity contribution is 9.10. The fourth-order valence-corrected chi connectivity index (χ4v) is 2.55. The van der Waals surface area contributed by atoms with E-state index in [1.807, 2.05) is 25.1 Å². The maximum atomic E-state index is 12.2. The fourth-order valence-electron chi connectivity index (χ4n) is 1.96.